The quantitative estimate of drug-likeness (QED) is 0.613. The first kappa shape index (κ1) is 25.3. The summed E-state index contributed by atoms with van der Waals surface area (Å²) in [7, 11) is -0.533. The highest BCUT2D eigenvalue weighted by molar-refractivity contribution is 7.23. The van der Waals surface area contributed by atoms with Crippen molar-refractivity contribution in [2.45, 2.75) is 71.2 Å². The van der Waals surface area contributed by atoms with E-state index in [1.165, 1.54) is 16.2 Å². The molecule has 1 aromatic heterocycles. The van der Waals surface area contributed by atoms with Crippen molar-refractivity contribution < 1.29 is 24.0 Å². The van der Waals surface area contributed by atoms with E-state index in [2.05, 4.69) is 5.32 Å². The molecule has 0 spiro atoms. The molecule has 0 saturated carbocycles. The van der Waals surface area contributed by atoms with E-state index in [9.17, 15) is 14.7 Å². The molecular weight excluding hydrogens is 439 g/mol. The maximum atomic E-state index is 13.2. The number of nitrogens with one attached hydrogen (secondary N) is 1. The zero-order valence-electron chi connectivity index (χ0n) is 20.3. The van der Waals surface area contributed by atoms with Gasteiger partial charge in [0, 0.05) is 16.9 Å². The second kappa shape index (κ2) is 9.12. The smallest absolute Gasteiger partial charge is 0.465 e. The molecule has 178 valence electrons. The van der Waals surface area contributed by atoms with Crippen LogP contribution in [0.1, 0.15) is 69.7 Å². The molecule has 1 aromatic carbocycles. The van der Waals surface area contributed by atoms with Crippen molar-refractivity contribution in [2.75, 3.05) is 6.54 Å². The first-order valence-corrected chi connectivity index (χ1v) is 11.8. The third-order valence-electron chi connectivity index (χ3n) is 6.25. The number of hydrogen-bond acceptors (Lipinski definition) is 5. The van der Waals surface area contributed by atoms with Crippen LogP contribution in [0.3, 0.4) is 0 Å². The molecule has 1 fully saturated rings. The Labute approximate surface area is 200 Å². The predicted molar refractivity (Wildman–Crippen MR) is 131 cm³/mol. The van der Waals surface area contributed by atoms with Crippen LogP contribution in [-0.4, -0.2) is 52.4 Å². The van der Waals surface area contributed by atoms with Crippen molar-refractivity contribution in [1.29, 1.82) is 0 Å². The van der Waals surface area contributed by atoms with Crippen LogP contribution in [0.2, 0.25) is 0 Å². The molecular formula is C24H33BN2O5S. The van der Waals surface area contributed by atoms with Crippen molar-refractivity contribution in [1.82, 2.24) is 10.2 Å². The summed E-state index contributed by atoms with van der Waals surface area (Å²) in [6, 6.07) is 12.5. The molecule has 1 saturated heterocycles. The van der Waals surface area contributed by atoms with Gasteiger partial charge in [-0.25, -0.2) is 4.79 Å². The van der Waals surface area contributed by atoms with Crippen molar-refractivity contribution in [3.05, 3.63) is 52.9 Å². The lowest BCUT2D eigenvalue weighted by Crippen LogP contribution is -2.49. The van der Waals surface area contributed by atoms with Gasteiger partial charge in [-0.1, -0.05) is 36.4 Å². The lowest BCUT2D eigenvalue weighted by molar-refractivity contribution is 0.00578. The zero-order chi connectivity index (χ0) is 24.6. The molecule has 33 heavy (non-hydrogen) atoms. The van der Waals surface area contributed by atoms with Gasteiger partial charge >= 0.3 is 13.2 Å². The van der Waals surface area contributed by atoms with Gasteiger partial charge in [0.05, 0.1) is 22.1 Å². The molecule has 2 heterocycles. The maximum absolute atomic E-state index is 13.2. The number of nitrogens with zero attached hydrogens (tertiary/aromatic N) is 1. The summed E-state index contributed by atoms with van der Waals surface area (Å²) in [6.07, 6.45) is -1.03. The third-order valence-corrected chi connectivity index (χ3v) is 7.35. The summed E-state index contributed by atoms with van der Waals surface area (Å²) >= 11 is 1.32. The van der Waals surface area contributed by atoms with Crippen LogP contribution in [0, 0.1) is 0 Å². The Morgan fingerprint density at radius 1 is 1.06 bits per heavy atom. The number of carboxylic acid groups (broad SMARTS) is 1. The Kier molecular flexibility index (Phi) is 6.98. The third kappa shape index (κ3) is 5.59. The average Bonchev–Trinajstić information content (AvgIpc) is 3.27. The Morgan fingerprint density at radius 3 is 2.15 bits per heavy atom. The molecule has 0 aliphatic carbocycles. The van der Waals surface area contributed by atoms with E-state index < -0.39 is 36.0 Å². The summed E-state index contributed by atoms with van der Waals surface area (Å²) in [4.78, 5) is 26.9. The van der Waals surface area contributed by atoms with E-state index in [1.807, 2.05) is 84.9 Å². The Bertz CT molecular complexity index is 984. The second-order valence-electron chi connectivity index (χ2n) is 10.3. The summed E-state index contributed by atoms with van der Waals surface area (Å²) in [6.45, 7) is 13.6. The number of hydrogen-bond donors (Lipinski definition) is 2. The highest BCUT2D eigenvalue weighted by atomic mass is 32.1. The molecule has 1 unspecified atom stereocenters. The highest BCUT2D eigenvalue weighted by Crippen LogP contribution is 2.37. The summed E-state index contributed by atoms with van der Waals surface area (Å²) in [5.41, 5.74) is -0.703. The fourth-order valence-electron chi connectivity index (χ4n) is 3.53. The standard InChI is InChI=1S/C24H33BN2O5S/c1-22(2,3)27(21(29)30)15-17(16-11-9-8-10-12-16)26-20(28)18-13-14-19(33-18)25-31-23(4,5)24(6,7)32-25/h8-14,17H,15H2,1-7H3,(H,26,28)(H,29,30). The molecule has 1 atom stereocenters. The van der Waals surface area contributed by atoms with Gasteiger partial charge in [-0.3, -0.25) is 4.79 Å². The van der Waals surface area contributed by atoms with E-state index in [0.29, 0.717) is 4.88 Å². The first-order valence-electron chi connectivity index (χ1n) is 11.0. The van der Waals surface area contributed by atoms with Gasteiger partial charge in [0.15, 0.2) is 0 Å². The van der Waals surface area contributed by atoms with E-state index in [-0.39, 0.29) is 12.5 Å². The molecule has 2 aromatic rings. The van der Waals surface area contributed by atoms with E-state index >= 15 is 0 Å². The molecule has 2 amide bonds. The van der Waals surface area contributed by atoms with Crippen molar-refractivity contribution >= 4 is 35.2 Å². The number of benzene rings is 1. The molecule has 1 aliphatic heterocycles. The van der Waals surface area contributed by atoms with Crippen LogP contribution in [0.4, 0.5) is 4.79 Å². The minimum absolute atomic E-state index is 0.129. The minimum atomic E-state index is -1.03. The van der Waals surface area contributed by atoms with Gasteiger partial charge in [0.1, 0.15) is 0 Å². The summed E-state index contributed by atoms with van der Waals surface area (Å²) in [5, 5.41) is 12.8. The maximum Gasteiger partial charge on any atom is 0.505 e. The number of carbonyl (C=O) groups excluding carboxylic acids is 1. The van der Waals surface area contributed by atoms with Gasteiger partial charge < -0.3 is 24.6 Å². The van der Waals surface area contributed by atoms with Gasteiger partial charge in [-0.05, 0) is 60.1 Å². The fourth-order valence-corrected chi connectivity index (χ4v) is 4.40. The average molecular weight is 472 g/mol. The van der Waals surface area contributed by atoms with Gasteiger partial charge in [0.2, 0.25) is 0 Å². The van der Waals surface area contributed by atoms with Gasteiger partial charge in [-0.15, -0.1) is 11.3 Å². The monoisotopic (exact) mass is 472 g/mol. The number of thiophene rings is 1. The molecule has 0 radical (unpaired) electrons. The largest absolute Gasteiger partial charge is 0.505 e. The molecule has 0 bridgehead atoms. The first-order chi connectivity index (χ1) is 15.2. The Balaban J connectivity index is 1.80. The molecule has 1 aliphatic rings. The van der Waals surface area contributed by atoms with Crippen LogP contribution in [0.15, 0.2) is 42.5 Å². The molecule has 2 N–H and O–H groups in total. The minimum Gasteiger partial charge on any atom is -0.465 e. The number of carbonyl (C=O) groups is 2. The highest BCUT2D eigenvalue weighted by Gasteiger charge is 2.52. The SMILES string of the molecule is CC(C)(C)N(CC(NC(=O)c1ccc(B2OC(C)(C)C(C)(C)O2)s1)c1ccccc1)C(=O)O. The summed E-state index contributed by atoms with van der Waals surface area (Å²) in [5.74, 6) is -0.268. The summed E-state index contributed by atoms with van der Waals surface area (Å²) < 4.78 is 13.0. The van der Waals surface area contributed by atoms with E-state index in [4.69, 9.17) is 9.31 Å². The van der Waals surface area contributed by atoms with Crippen LogP contribution in [-0.2, 0) is 9.31 Å². The van der Waals surface area contributed by atoms with Crippen molar-refractivity contribution in [3.63, 3.8) is 0 Å². The van der Waals surface area contributed by atoms with Crippen molar-refractivity contribution in [2.24, 2.45) is 0 Å². The van der Waals surface area contributed by atoms with Crippen LogP contribution >= 0.6 is 11.3 Å². The van der Waals surface area contributed by atoms with Crippen LogP contribution < -0.4 is 10.1 Å². The lowest BCUT2D eigenvalue weighted by Gasteiger charge is -2.36. The Morgan fingerprint density at radius 2 is 1.64 bits per heavy atom. The predicted octanol–water partition coefficient (Wildman–Crippen LogP) is 4.30. The van der Waals surface area contributed by atoms with Gasteiger partial charge in [-0.2, -0.15) is 0 Å². The lowest BCUT2D eigenvalue weighted by atomic mass is 9.88. The molecule has 3 rings (SSSR count). The number of rotatable bonds is 6. The van der Waals surface area contributed by atoms with Crippen LogP contribution in [0.25, 0.3) is 0 Å². The fraction of sp³-hybridized carbons (Fsp3) is 0.500. The van der Waals surface area contributed by atoms with E-state index in [1.54, 1.807) is 6.07 Å². The molecule has 9 heteroatoms. The normalized spacial score (nSPS) is 18.1. The second-order valence-corrected chi connectivity index (χ2v) is 11.4. The number of amides is 2. The van der Waals surface area contributed by atoms with Crippen molar-refractivity contribution in [3.8, 4) is 0 Å². The molecule has 7 nitrogen and oxygen atoms in total. The van der Waals surface area contributed by atoms with E-state index in [0.717, 1.165) is 10.3 Å². The Hall–Kier alpha value is -2.36. The topological polar surface area (TPSA) is 88.1 Å². The zero-order valence-corrected chi connectivity index (χ0v) is 21.2. The van der Waals surface area contributed by atoms with Gasteiger partial charge in [0.25, 0.3) is 5.91 Å². The van der Waals surface area contributed by atoms with Crippen LogP contribution in [0.5, 0.6) is 0 Å².